The van der Waals surface area contributed by atoms with Crippen LogP contribution in [-0.2, 0) is 0 Å². The topological polar surface area (TPSA) is 52.5 Å². The highest BCUT2D eigenvalue weighted by Crippen LogP contribution is 2.35. The molecule has 0 saturated carbocycles. The Bertz CT molecular complexity index is 375. The molecule has 0 spiro atoms. The molecule has 5 heteroatoms. The Hall–Kier alpha value is -0.640. The van der Waals surface area contributed by atoms with Crippen LogP contribution < -0.4 is 5.32 Å². The molecule has 0 radical (unpaired) electrons. The first kappa shape index (κ1) is 15.4. The van der Waals surface area contributed by atoms with Gasteiger partial charge in [-0.25, -0.2) is 0 Å². The van der Waals surface area contributed by atoms with Crippen molar-refractivity contribution in [2.75, 3.05) is 18.5 Å². The lowest BCUT2D eigenvalue weighted by Crippen LogP contribution is -2.32. The smallest absolute Gasteiger partial charge is 0.152 e. The maximum atomic E-state index is 9.48. The Labute approximate surface area is 118 Å². The van der Waals surface area contributed by atoms with Crippen molar-refractivity contribution in [3.05, 3.63) is 22.2 Å². The highest BCUT2D eigenvalue weighted by Gasteiger charge is 2.25. The number of halogens is 2. The molecule has 0 amide bonds. The van der Waals surface area contributed by atoms with Gasteiger partial charge in [-0.1, -0.05) is 37.0 Å². The van der Waals surface area contributed by atoms with E-state index in [1.807, 2.05) is 0 Å². The summed E-state index contributed by atoms with van der Waals surface area (Å²) in [4.78, 5) is 0. The molecule has 0 heterocycles. The lowest BCUT2D eigenvalue weighted by molar-refractivity contribution is 0.127. The summed E-state index contributed by atoms with van der Waals surface area (Å²) < 4.78 is 0. The second-order valence-electron chi connectivity index (χ2n) is 4.51. The van der Waals surface area contributed by atoms with Gasteiger partial charge in [-0.3, -0.25) is 0 Å². The van der Waals surface area contributed by atoms with E-state index in [1.165, 1.54) is 0 Å². The zero-order valence-corrected chi connectivity index (χ0v) is 12.1. The van der Waals surface area contributed by atoms with E-state index >= 15 is 0 Å². The number of hydrogen-bond donors (Lipinski definition) is 3. The molecule has 0 aliphatic heterocycles. The lowest BCUT2D eigenvalue weighted by Gasteiger charge is -2.30. The van der Waals surface area contributed by atoms with Gasteiger partial charge in [0, 0.05) is 17.6 Å². The summed E-state index contributed by atoms with van der Waals surface area (Å²) in [6.07, 6.45) is 1.76. The molecule has 0 saturated heterocycles. The van der Waals surface area contributed by atoms with E-state index in [4.69, 9.17) is 23.2 Å². The van der Waals surface area contributed by atoms with Crippen molar-refractivity contribution in [3.8, 4) is 5.75 Å². The molecule has 18 heavy (non-hydrogen) atoms. The minimum Gasteiger partial charge on any atom is -0.505 e. The third kappa shape index (κ3) is 3.44. The van der Waals surface area contributed by atoms with Crippen LogP contribution in [0, 0.1) is 5.41 Å². The fraction of sp³-hybridized carbons (Fsp3) is 0.538. The Kier molecular flexibility index (Phi) is 5.57. The summed E-state index contributed by atoms with van der Waals surface area (Å²) >= 11 is 11.7. The standard InChI is InChI=1S/C13H19Cl2NO2/c1-3-13(4-2,8-17)7-16-9-5-10(14)12(18)11(15)6-9/h5-6,16-18H,3-4,7-8H2,1-2H3. The van der Waals surface area contributed by atoms with Gasteiger partial charge in [0.25, 0.3) is 0 Å². The van der Waals surface area contributed by atoms with Crippen molar-refractivity contribution in [2.24, 2.45) is 5.41 Å². The average molecular weight is 292 g/mol. The van der Waals surface area contributed by atoms with Gasteiger partial charge in [0.15, 0.2) is 5.75 Å². The van der Waals surface area contributed by atoms with Gasteiger partial charge in [0.2, 0.25) is 0 Å². The van der Waals surface area contributed by atoms with Crippen LogP contribution in [0.3, 0.4) is 0 Å². The van der Waals surface area contributed by atoms with E-state index in [0.717, 1.165) is 18.5 Å². The molecule has 0 fully saturated rings. The molecule has 1 aromatic rings. The van der Waals surface area contributed by atoms with Gasteiger partial charge in [0.1, 0.15) is 0 Å². The Morgan fingerprint density at radius 1 is 1.17 bits per heavy atom. The van der Waals surface area contributed by atoms with Gasteiger partial charge in [-0.2, -0.15) is 0 Å². The second kappa shape index (κ2) is 6.50. The molecule has 0 aromatic heterocycles. The quantitative estimate of drug-likeness (QED) is 0.697. The number of phenolic OH excluding ortho intramolecular Hbond substituents is 1. The van der Waals surface area contributed by atoms with Crippen LogP contribution in [0.15, 0.2) is 12.1 Å². The zero-order chi connectivity index (χ0) is 13.8. The van der Waals surface area contributed by atoms with E-state index in [9.17, 15) is 10.2 Å². The average Bonchev–Trinajstić information content (AvgIpc) is 2.38. The fourth-order valence-electron chi connectivity index (χ4n) is 1.74. The van der Waals surface area contributed by atoms with Gasteiger partial charge in [-0.15, -0.1) is 0 Å². The van der Waals surface area contributed by atoms with Gasteiger partial charge in [0.05, 0.1) is 16.7 Å². The van der Waals surface area contributed by atoms with E-state index in [2.05, 4.69) is 19.2 Å². The van der Waals surface area contributed by atoms with Crippen molar-refractivity contribution in [3.63, 3.8) is 0 Å². The number of anilines is 1. The molecule has 1 rings (SSSR count). The molecule has 102 valence electrons. The molecule has 0 atom stereocenters. The van der Waals surface area contributed by atoms with Gasteiger partial charge in [-0.05, 0) is 25.0 Å². The number of aromatic hydroxyl groups is 1. The summed E-state index contributed by atoms with van der Waals surface area (Å²) in [5.41, 5.74) is 0.596. The molecule has 3 nitrogen and oxygen atoms in total. The largest absolute Gasteiger partial charge is 0.505 e. The van der Waals surface area contributed by atoms with E-state index < -0.39 is 0 Å². The third-order valence-electron chi connectivity index (χ3n) is 3.52. The monoisotopic (exact) mass is 291 g/mol. The maximum absolute atomic E-state index is 9.48. The highest BCUT2D eigenvalue weighted by atomic mass is 35.5. The van der Waals surface area contributed by atoms with Crippen molar-refractivity contribution in [1.82, 2.24) is 0 Å². The van der Waals surface area contributed by atoms with E-state index in [0.29, 0.717) is 6.54 Å². The minimum atomic E-state index is -0.142. The first-order chi connectivity index (χ1) is 8.48. The Morgan fingerprint density at radius 2 is 1.67 bits per heavy atom. The summed E-state index contributed by atoms with van der Waals surface area (Å²) in [6, 6.07) is 3.24. The zero-order valence-electron chi connectivity index (χ0n) is 10.6. The molecule has 0 unspecified atom stereocenters. The lowest BCUT2D eigenvalue weighted by atomic mass is 9.83. The summed E-state index contributed by atoms with van der Waals surface area (Å²) in [7, 11) is 0. The molecule has 1 aromatic carbocycles. The number of benzene rings is 1. The van der Waals surface area contributed by atoms with Crippen molar-refractivity contribution < 1.29 is 10.2 Å². The van der Waals surface area contributed by atoms with E-state index in [1.54, 1.807) is 12.1 Å². The first-order valence-corrected chi connectivity index (χ1v) is 6.76. The first-order valence-electron chi connectivity index (χ1n) is 6.00. The number of aliphatic hydroxyl groups is 1. The Morgan fingerprint density at radius 3 is 2.06 bits per heavy atom. The van der Waals surface area contributed by atoms with Crippen molar-refractivity contribution in [2.45, 2.75) is 26.7 Å². The van der Waals surface area contributed by atoms with Crippen LogP contribution in [0.2, 0.25) is 10.0 Å². The van der Waals surface area contributed by atoms with Crippen LogP contribution in [0.4, 0.5) is 5.69 Å². The maximum Gasteiger partial charge on any atom is 0.152 e. The number of phenols is 1. The predicted octanol–water partition coefficient (Wildman–Crippen LogP) is 3.91. The summed E-state index contributed by atoms with van der Waals surface area (Å²) in [6.45, 7) is 4.87. The predicted molar refractivity (Wildman–Crippen MR) is 76.7 cm³/mol. The number of nitrogens with one attached hydrogen (secondary N) is 1. The van der Waals surface area contributed by atoms with Crippen LogP contribution in [0.25, 0.3) is 0 Å². The van der Waals surface area contributed by atoms with Crippen LogP contribution in [-0.4, -0.2) is 23.4 Å². The number of hydrogen-bond acceptors (Lipinski definition) is 3. The summed E-state index contributed by atoms with van der Waals surface area (Å²) in [5.74, 6) is -0.108. The normalized spacial score (nSPS) is 11.6. The Balaban J connectivity index is 2.80. The van der Waals surface area contributed by atoms with Crippen LogP contribution in [0.5, 0.6) is 5.75 Å². The van der Waals surface area contributed by atoms with Crippen LogP contribution >= 0.6 is 23.2 Å². The molecule has 0 aliphatic carbocycles. The molecule has 3 N–H and O–H groups in total. The molecule has 0 aliphatic rings. The van der Waals surface area contributed by atoms with Crippen LogP contribution in [0.1, 0.15) is 26.7 Å². The second-order valence-corrected chi connectivity index (χ2v) is 5.32. The molecule has 0 bridgehead atoms. The molecular formula is C13H19Cl2NO2. The highest BCUT2D eigenvalue weighted by molar-refractivity contribution is 6.37. The minimum absolute atomic E-state index is 0.108. The van der Waals surface area contributed by atoms with Crippen molar-refractivity contribution >= 4 is 28.9 Å². The third-order valence-corrected chi connectivity index (χ3v) is 4.10. The fourth-order valence-corrected chi connectivity index (χ4v) is 2.22. The summed E-state index contributed by atoms with van der Waals surface area (Å²) in [5, 5.41) is 22.6. The van der Waals surface area contributed by atoms with Crippen molar-refractivity contribution in [1.29, 1.82) is 0 Å². The molecular weight excluding hydrogens is 273 g/mol. The van der Waals surface area contributed by atoms with Gasteiger partial charge >= 0.3 is 0 Å². The SMILES string of the molecule is CCC(CC)(CO)CNc1cc(Cl)c(O)c(Cl)c1. The van der Waals surface area contributed by atoms with E-state index in [-0.39, 0.29) is 27.8 Å². The number of aliphatic hydroxyl groups excluding tert-OH is 1. The number of rotatable bonds is 6. The van der Waals surface area contributed by atoms with Gasteiger partial charge < -0.3 is 15.5 Å².